The van der Waals surface area contributed by atoms with E-state index < -0.39 is 12.0 Å². The monoisotopic (exact) mass is 404 g/mol. The van der Waals surface area contributed by atoms with Gasteiger partial charge in [0.2, 0.25) is 5.91 Å². The van der Waals surface area contributed by atoms with Crippen LogP contribution in [-0.4, -0.2) is 43.5 Å². The van der Waals surface area contributed by atoms with Gasteiger partial charge in [-0.05, 0) is 24.3 Å². The van der Waals surface area contributed by atoms with E-state index in [1.54, 1.807) is 0 Å². The highest BCUT2D eigenvalue weighted by molar-refractivity contribution is 7.99. The van der Waals surface area contributed by atoms with Crippen molar-refractivity contribution in [3.63, 3.8) is 0 Å². The zero-order valence-electron chi connectivity index (χ0n) is 16.6. The number of hydrogen-bond donors (Lipinski definition) is 2. The summed E-state index contributed by atoms with van der Waals surface area (Å²) in [4.78, 5) is 23.5. The van der Waals surface area contributed by atoms with E-state index >= 15 is 0 Å². The molecule has 0 aliphatic carbocycles. The van der Waals surface area contributed by atoms with Crippen molar-refractivity contribution >= 4 is 23.6 Å². The van der Waals surface area contributed by atoms with Crippen molar-refractivity contribution < 1.29 is 14.7 Å². The van der Waals surface area contributed by atoms with E-state index in [9.17, 15) is 14.7 Å². The van der Waals surface area contributed by atoms with Crippen molar-refractivity contribution in [2.45, 2.75) is 57.8 Å². The highest BCUT2D eigenvalue weighted by atomic mass is 32.2. The number of nitrogens with one attached hydrogen (secondary N) is 1. The fourth-order valence-electron chi connectivity index (χ4n) is 2.84. The van der Waals surface area contributed by atoms with Crippen LogP contribution < -0.4 is 5.32 Å². The molecule has 0 saturated heterocycles. The Morgan fingerprint density at radius 1 is 1.21 bits per heavy atom. The molecule has 1 heterocycles. The van der Waals surface area contributed by atoms with Crippen molar-refractivity contribution in [3.8, 4) is 0 Å². The van der Waals surface area contributed by atoms with Crippen molar-refractivity contribution in [3.05, 3.63) is 41.7 Å². The Bertz CT molecular complexity index is 777. The number of hydrogen-bond acceptors (Lipinski definition) is 5. The number of carboxylic acids is 1. The second-order valence-electron chi connectivity index (χ2n) is 7.09. The zero-order valence-corrected chi connectivity index (χ0v) is 17.4. The lowest BCUT2D eigenvalue weighted by atomic mass is 10.0. The first-order chi connectivity index (χ1) is 13.4. The van der Waals surface area contributed by atoms with Crippen LogP contribution in [0.4, 0.5) is 0 Å². The predicted molar refractivity (Wildman–Crippen MR) is 109 cm³/mol. The van der Waals surface area contributed by atoms with E-state index in [0.717, 1.165) is 24.4 Å². The number of rotatable bonds is 11. The minimum absolute atomic E-state index is 0.106. The molecule has 1 atom stereocenters. The van der Waals surface area contributed by atoms with Gasteiger partial charge in [0.25, 0.3) is 0 Å². The molecule has 0 aliphatic rings. The summed E-state index contributed by atoms with van der Waals surface area (Å²) in [7, 11) is 0. The number of aromatic nitrogens is 3. The normalized spacial score (nSPS) is 12.1. The van der Waals surface area contributed by atoms with E-state index in [2.05, 4.69) is 22.4 Å². The molecule has 1 aromatic carbocycles. The third kappa shape index (κ3) is 6.67. The number of carbonyl (C=O) groups is 2. The molecule has 0 unspecified atom stereocenters. The van der Waals surface area contributed by atoms with Gasteiger partial charge in [-0.15, -0.1) is 10.2 Å². The highest BCUT2D eigenvalue weighted by Crippen LogP contribution is 2.19. The predicted octanol–water partition coefficient (Wildman–Crippen LogP) is 2.99. The summed E-state index contributed by atoms with van der Waals surface area (Å²) in [6, 6.07) is 9.19. The number of amides is 1. The van der Waals surface area contributed by atoms with Gasteiger partial charge in [-0.1, -0.05) is 62.9 Å². The maximum Gasteiger partial charge on any atom is 0.326 e. The van der Waals surface area contributed by atoms with Gasteiger partial charge >= 0.3 is 5.97 Å². The van der Waals surface area contributed by atoms with E-state index in [4.69, 9.17) is 0 Å². The summed E-state index contributed by atoms with van der Waals surface area (Å²) >= 11 is 1.28. The van der Waals surface area contributed by atoms with Crippen molar-refractivity contribution in [1.29, 1.82) is 0 Å². The largest absolute Gasteiger partial charge is 0.480 e. The zero-order chi connectivity index (χ0) is 20.5. The minimum Gasteiger partial charge on any atom is -0.480 e. The van der Waals surface area contributed by atoms with E-state index in [1.165, 1.54) is 11.8 Å². The molecule has 0 saturated carbocycles. The lowest BCUT2D eigenvalue weighted by Gasteiger charge is -2.16. The van der Waals surface area contributed by atoms with Gasteiger partial charge in [0, 0.05) is 13.0 Å². The topological polar surface area (TPSA) is 97.1 Å². The van der Waals surface area contributed by atoms with Crippen molar-refractivity contribution in [2.24, 2.45) is 5.92 Å². The standard InChI is InChI=1S/C20H28N4O3S/c1-4-10-24-17(12-15-8-6-5-7-9-15)22-23-20(24)28-13-18(25)21-16(19(26)27)11-14(2)3/h5-9,14,16H,4,10-13H2,1-3H3,(H,21,25)(H,26,27)/t16-/m1/s1. The first kappa shape index (κ1) is 21.9. The van der Waals surface area contributed by atoms with E-state index in [0.29, 0.717) is 18.0 Å². The van der Waals surface area contributed by atoms with Gasteiger partial charge in [-0.2, -0.15) is 0 Å². The van der Waals surface area contributed by atoms with Crippen LogP contribution in [0.15, 0.2) is 35.5 Å². The number of carboxylic acid groups (broad SMARTS) is 1. The first-order valence-corrected chi connectivity index (χ1v) is 10.5. The fourth-order valence-corrected chi connectivity index (χ4v) is 3.64. The highest BCUT2D eigenvalue weighted by Gasteiger charge is 2.22. The molecule has 0 radical (unpaired) electrons. The SMILES string of the molecule is CCCn1c(Cc2ccccc2)nnc1SCC(=O)N[C@H](CC(C)C)C(=O)O. The van der Waals surface area contributed by atoms with Gasteiger partial charge in [-0.25, -0.2) is 4.79 Å². The molecule has 2 N–H and O–H groups in total. The molecule has 1 aromatic heterocycles. The third-order valence-corrected chi connectivity index (χ3v) is 5.09. The molecule has 7 nitrogen and oxygen atoms in total. The average Bonchev–Trinajstić information content (AvgIpc) is 3.02. The van der Waals surface area contributed by atoms with Gasteiger partial charge < -0.3 is 15.0 Å². The quantitative estimate of drug-likeness (QED) is 0.559. The Morgan fingerprint density at radius 3 is 2.54 bits per heavy atom. The van der Waals surface area contributed by atoms with Gasteiger partial charge in [0.15, 0.2) is 5.16 Å². The molecule has 2 rings (SSSR count). The number of aliphatic carboxylic acids is 1. The molecule has 152 valence electrons. The Hall–Kier alpha value is -2.35. The van der Waals surface area contributed by atoms with Gasteiger partial charge in [0.05, 0.1) is 5.75 Å². The fraction of sp³-hybridized carbons (Fsp3) is 0.500. The molecular weight excluding hydrogens is 376 g/mol. The second kappa shape index (κ2) is 10.8. The Morgan fingerprint density at radius 2 is 1.93 bits per heavy atom. The summed E-state index contributed by atoms with van der Waals surface area (Å²) in [5, 5.41) is 21.1. The molecule has 0 spiro atoms. The Kier molecular flexibility index (Phi) is 8.50. The maximum absolute atomic E-state index is 12.2. The summed E-state index contributed by atoms with van der Waals surface area (Å²) in [5.41, 5.74) is 1.15. The van der Waals surface area contributed by atoms with Crippen LogP contribution in [0.1, 0.15) is 45.0 Å². The van der Waals surface area contributed by atoms with Gasteiger partial charge in [0.1, 0.15) is 11.9 Å². The summed E-state index contributed by atoms with van der Waals surface area (Å²) < 4.78 is 2.04. The lowest BCUT2D eigenvalue weighted by Crippen LogP contribution is -2.42. The maximum atomic E-state index is 12.2. The smallest absolute Gasteiger partial charge is 0.326 e. The summed E-state index contributed by atoms with van der Waals surface area (Å²) in [6.07, 6.45) is 2.00. The second-order valence-corrected chi connectivity index (χ2v) is 8.03. The lowest BCUT2D eigenvalue weighted by molar-refractivity contribution is -0.141. The summed E-state index contributed by atoms with van der Waals surface area (Å²) in [6.45, 7) is 6.71. The van der Waals surface area contributed by atoms with E-state index in [-0.39, 0.29) is 17.6 Å². The van der Waals surface area contributed by atoms with Crippen molar-refractivity contribution in [2.75, 3.05) is 5.75 Å². The molecule has 0 aliphatic heterocycles. The molecule has 0 bridgehead atoms. The van der Waals surface area contributed by atoms with Crippen LogP contribution in [0.5, 0.6) is 0 Å². The minimum atomic E-state index is -1.01. The van der Waals surface area contributed by atoms with Crippen LogP contribution in [0.3, 0.4) is 0 Å². The Balaban J connectivity index is 2.01. The van der Waals surface area contributed by atoms with Crippen LogP contribution >= 0.6 is 11.8 Å². The number of thioether (sulfide) groups is 1. The number of carbonyl (C=O) groups excluding carboxylic acids is 1. The van der Waals surface area contributed by atoms with Crippen LogP contribution in [0, 0.1) is 5.92 Å². The molecule has 2 aromatic rings. The van der Waals surface area contributed by atoms with Crippen LogP contribution in [0.2, 0.25) is 0 Å². The third-order valence-electron chi connectivity index (χ3n) is 4.12. The number of benzene rings is 1. The van der Waals surface area contributed by atoms with E-state index in [1.807, 2.05) is 48.7 Å². The average molecular weight is 405 g/mol. The van der Waals surface area contributed by atoms with Crippen LogP contribution in [-0.2, 0) is 22.6 Å². The molecule has 28 heavy (non-hydrogen) atoms. The van der Waals surface area contributed by atoms with Crippen LogP contribution in [0.25, 0.3) is 0 Å². The summed E-state index contributed by atoms with van der Waals surface area (Å²) in [5.74, 6) is -0.170. The molecule has 8 heteroatoms. The molecular formula is C20H28N4O3S. The molecule has 1 amide bonds. The van der Waals surface area contributed by atoms with Gasteiger partial charge in [-0.3, -0.25) is 4.79 Å². The first-order valence-electron chi connectivity index (χ1n) is 9.51. The molecule has 0 fully saturated rings. The Labute approximate surface area is 169 Å². The number of nitrogens with zero attached hydrogens (tertiary/aromatic N) is 3. The van der Waals surface area contributed by atoms with Crippen molar-refractivity contribution in [1.82, 2.24) is 20.1 Å².